The first-order valence-electron chi connectivity index (χ1n) is 8.69. The third-order valence-corrected chi connectivity index (χ3v) is 6.09. The molecule has 9 heteroatoms. The van der Waals surface area contributed by atoms with Gasteiger partial charge >= 0.3 is 0 Å². The number of thioether (sulfide) groups is 1. The Hall–Kier alpha value is -1.35. The zero-order valence-corrected chi connectivity index (χ0v) is 16.0. The van der Waals surface area contributed by atoms with Crippen molar-refractivity contribution in [1.82, 2.24) is 9.80 Å². The smallest absolute Gasteiger partial charge is 0.282 e. The molecule has 1 aromatic carbocycles. The number of benzene rings is 1. The highest BCUT2D eigenvalue weighted by Crippen LogP contribution is 2.27. The third kappa shape index (κ3) is 4.68. The number of carbonyl (C=O) groups is 1. The van der Waals surface area contributed by atoms with Crippen molar-refractivity contribution in [1.29, 1.82) is 0 Å². The first-order chi connectivity index (χ1) is 12.6. The minimum Gasteiger partial charge on any atom is -0.379 e. The van der Waals surface area contributed by atoms with Crippen molar-refractivity contribution in [2.24, 2.45) is 0 Å². The van der Waals surface area contributed by atoms with Crippen LogP contribution in [0.3, 0.4) is 0 Å². The van der Waals surface area contributed by atoms with Crippen molar-refractivity contribution < 1.29 is 14.5 Å². The predicted octanol–water partition coefficient (Wildman–Crippen LogP) is 2.53. The van der Waals surface area contributed by atoms with E-state index in [1.165, 1.54) is 18.2 Å². The number of nitrogens with zero attached hydrogens (tertiary/aromatic N) is 3. The van der Waals surface area contributed by atoms with E-state index in [0.29, 0.717) is 24.8 Å². The molecule has 2 aliphatic heterocycles. The van der Waals surface area contributed by atoms with Crippen LogP contribution in [0.5, 0.6) is 0 Å². The van der Waals surface area contributed by atoms with Crippen LogP contribution in [-0.2, 0) is 4.74 Å². The van der Waals surface area contributed by atoms with Crippen LogP contribution in [0.15, 0.2) is 18.2 Å². The summed E-state index contributed by atoms with van der Waals surface area (Å²) in [7, 11) is 0. The molecule has 1 amide bonds. The average molecular weight is 400 g/mol. The van der Waals surface area contributed by atoms with Crippen LogP contribution in [-0.4, -0.2) is 77.6 Å². The van der Waals surface area contributed by atoms with E-state index in [0.717, 1.165) is 37.6 Å². The third-order valence-electron chi connectivity index (χ3n) is 4.66. The van der Waals surface area contributed by atoms with E-state index in [9.17, 15) is 14.9 Å². The van der Waals surface area contributed by atoms with Gasteiger partial charge in [0.25, 0.3) is 11.6 Å². The Bertz CT molecular complexity index is 669. The monoisotopic (exact) mass is 399 g/mol. The summed E-state index contributed by atoms with van der Waals surface area (Å²) in [6.45, 7) is 4.46. The Balaban J connectivity index is 1.84. The molecule has 0 aliphatic carbocycles. The Morgan fingerprint density at radius 2 is 2.12 bits per heavy atom. The lowest BCUT2D eigenvalue weighted by Gasteiger charge is -2.35. The largest absolute Gasteiger partial charge is 0.379 e. The van der Waals surface area contributed by atoms with Gasteiger partial charge in [0.1, 0.15) is 5.56 Å². The number of nitro benzene ring substituents is 1. The van der Waals surface area contributed by atoms with E-state index >= 15 is 0 Å². The minimum atomic E-state index is -0.521. The van der Waals surface area contributed by atoms with E-state index in [-0.39, 0.29) is 23.2 Å². The van der Waals surface area contributed by atoms with E-state index in [1.807, 2.05) is 11.8 Å². The second-order valence-electron chi connectivity index (χ2n) is 6.41. The molecule has 142 valence electrons. The van der Waals surface area contributed by atoms with Crippen LogP contribution < -0.4 is 0 Å². The predicted molar refractivity (Wildman–Crippen MR) is 102 cm³/mol. The normalized spacial score (nSPS) is 22.0. The molecule has 1 atom stereocenters. The number of morpholine rings is 1. The van der Waals surface area contributed by atoms with Crippen molar-refractivity contribution in [3.8, 4) is 0 Å². The maximum Gasteiger partial charge on any atom is 0.282 e. The number of halogens is 1. The highest BCUT2D eigenvalue weighted by atomic mass is 35.5. The second kappa shape index (κ2) is 9.03. The fourth-order valence-electron chi connectivity index (χ4n) is 3.32. The number of hydrogen-bond acceptors (Lipinski definition) is 6. The van der Waals surface area contributed by atoms with Crippen LogP contribution in [0, 0.1) is 10.1 Å². The van der Waals surface area contributed by atoms with Crippen molar-refractivity contribution in [2.45, 2.75) is 12.5 Å². The van der Waals surface area contributed by atoms with Gasteiger partial charge in [0.15, 0.2) is 0 Å². The van der Waals surface area contributed by atoms with Crippen LogP contribution >= 0.6 is 23.4 Å². The SMILES string of the molecule is O=C(c1cc(Cl)ccc1[N+](=O)[O-])N1CCCSCC1CN1CCOCC1. The number of amides is 1. The molecule has 2 heterocycles. The molecule has 0 N–H and O–H groups in total. The first-order valence-corrected chi connectivity index (χ1v) is 10.2. The van der Waals surface area contributed by atoms with Crippen molar-refractivity contribution in [2.75, 3.05) is 50.9 Å². The van der Waals surface area contributed by atoms with Crippen molar-refractivity contribution in [3.05, 3.63) is 38.9 Å². The fraction of sp³-hybridized carbons (Fsp3) is 0.588. The quantitative estimate of drug-likeness (QED) is 0.572. The van der Waals surface area contributed by atoms with Crippen molar-refractivity contribution >= 4 is 35.0 Å². The molecular weight excluding hydrogens is 378 g/mol. The summed E-state index contributed by atoms with van der Waals surface area (Å²) in [6.07, 6.45) is 0.879. The lowest BCUT2D eigenvalue weighted by atomic mass is 10.1. The maximum absolute atomic E-state index is 13.2. The zero-order valence-electron chi connectivity index (χ0n) is 14.4. The Morgan fingerprint density at radius 3 is 2.85 bits per heavy atom. The van der Waals surface area contributed by atoms with Gasteiger partial charge in [0.05, 0.1) is 24.2 Å². The number of ether oxygens (including phenoxy) is 1. The minimum absolute atomic E-state index is 0.0201. The van der Waals surface area contributed by atoms with Gasteiger partial charge in [-0.25, -0.2) is 0 Å². The summed E-state index contributed by atoms with van der Waals surface area (Å²) in [4.78, 5) is 28.1. The molecular formula is C17H22ClN3O4S. The van der Waals surface area contributed by atoms with Crippen LogP contribution in [0.4, 0.5) is 5.69 Å². The molecule has 0 spiro atoms. The first kappa shape index (κ1) is 19.4. The summed E-state index contributed by atoms with van der Waals surface area (Å²) < 4.78 is 5.40. The molecule has 2 aliphatic rings. The highest BCUT2D eigenvalue weighted by Gasteiger charge is 2.32. The molecule has 26 heavy (non-hydrogen) atoms. The fourth-order valence-corrected chi connectivity index (χ4v) is 4.55. The summed E-state index contributed by atoms with van der Waals surface area (Å²) in [5.74, 6) is 1.51. The van der Waals surface area contributed by atoms with Crippen molar-refractivity contribution in [3.63, 3.8) is 0 Å². The van der Waals surface area contributed by atoms with Crippen LogP contribution in [0.25, 0.3) is 0 Å². The topological polar surface area (TPSA) is 75.9 Å². The van der Waals surface area contributed by atoms with E-state index in [4.69, 9.17) is 16.3 Å². The molecule has 2 saturated heterocycles. The van der Waals surface area contributed by atoms with E-state index in [2.05, 4.69) is 4.90 Å². The summed E-state index contributed by atoms with van der Waals surface area (Å²) in [5.41, 5.74) is -0.122. The number of rotatable bonds is 4. The lowest BCUT2D eigenvalue weighted by Crippen LogP contribution is -2.50. The zero-order chi connectivity index (χ0) is 18.5. The molecule has 1 aromatic rings. The number of hydrogen-bond donors (Lipinski definition) is 0. The molecule has 7 nitrogen and oxygen atoms in total. The lowest BCUT2D eigenvalue weighted by molar-refractivity contribution is -0.385. The Morgan fingerprint density at radius 1 is 1.35 bits per heavy atom. The maximum atomic E-state index is 13.2. The summed E-state index contributed by atoms with van der Waals surface area (Å²) in [6, 6.07) is 4.18. The molecule has 2 fully saturated rings. The van der Waals surface area contributed by atoms with Gasteiger partial charge in [-0.1, -0.05) is 11.6 Å². The van der Waals surface area contributed by atoms with Crippen LogP contribution in [0.1, 0.15) is 16.8 Å². The molecule has 0 radical (unpaired) electrons. The summed E-state index contributed by atoms with van der Waals surface area (Å²) in [5, 5.41) is 11.7. The van der Waals surface area contributed by atoms with Gasteiger partial charge in [0.2, 0.25) is 0 Å². The molecule has 0 bridgehead atoms. The van der Waals surface area contributed by atoms with Gasteiger partial charge in [0, 0.05) is 43.0 Å². The van der Waals surface area contributed by atoms with E-state index in [1.54, 1.807) is 4.90 Å². The molecule has 3 rings (SSSR count). The van der Waals surface area contributed by atoms with Gasteiger partial charge in [-0.2, -0.15) is 11.8 Å². The molecule has 0 saturated carbocycles. The second-order valence-corrected chi connectivity index (χ2v) is 8.00. The standard InChI is InChI=1S/C17H22ClN3O4S/c18-13-2-3-16(21(23)24)15(10-13)17(22)20-4-1-9-26-12-14(20)11-19-5-7-25-8-6-19/h2-3,10,14H,1,4-9,11-12H2. The number of nitro groups is 1. The Labute approximate surface area is 161 Å². The van der Waals surface area contributed by atoms with Gasteiger partial charge < -0.3 is 9.64 Å². The van der Waals surface area contributed by atoms with Gasteiger partial charge in [-0.3, -0.25) is 19.8 Å². The average Bonchev–Trinajstić information content (AvgIpc) is 2.87. The Kier molecular flexibility index (Phi) is 6.74. The van der Waals surface area contributed by atoms with E-state index < -0.39 is 4.92 Å². The van der Waals surface area contributed by atoms with Gasteiger partial charge in [-0.05, 0) is 24.3 Å². The summed E-state index contributed by atoms with van der Waals surface area (Å²) >= 11 is 7.84. The molecule has 0 aromatic heterocycles. The van der Waals surface area contributed by atoms with Crippen LogP contribution in [0.2, 0.25) is 5.02 Å². The van der Waals surface area contributed by atoms with Gasteiger partial charge in [-0.15, -0.1) is 0 Å². The number of carbonyl (C=O) groups excluding carboxylic acids is 1. The highest BCUT2D eigenvalue weighted by molar-refractivity contribution is 7.99. The molecule has 1 unspecified atom stereocenters.